The van der Waals surface area contributed by atoms with E-state index in [1.165, 1.54) is 11.3 Å². The average Bonchev–Trinajstić information content (AvgIpc) is 2.75. The molecule has 0 saturated carbocycles. The second-order valence-corrected chi connectivity index (χ2v) is 5.01. The second-order valence-electron chi connectivity index (χ2n) is 3.10. The summed E-state index contributed by atoms with van der Waals surface area (Å²) in [6, 6.07) is 3.30. The number of anilines is 1. The van der Waals surface area contributed by atoms with Gasteiger partial charge in [0.25, 0.3) is 0 Å². The first-order valence-corrected chi connectivity index (χ1v) is 6.64. The fourth-order valence-electron chi connectivity index (χ4n) is 1.13. The molecule has 3 N–H and O–H groups in total. The predicted octanol–water partition coefficient (Wildman–Crippen LogP) is 2.32. The summed E-state index contributed by atoms with van der Waals surface area (Å²) in [4.78, 5) is 19.9. The number of nitrogens with zero attached hydrogens (tertiary/aromatic N) is 2. The molecule has 2 amide bonds. The highest BCUT2D eigenvalue weighted by Gasteiger charge is 2.04. The van der Waals surface area contributed by atoms with Gasteiger partial charge in [0.05, 0.1) is 5.69 Å². The number of carbonyl (C=O) groups excluding carboxylic acids is 1. The van der Waals surface area contributed by atoms with Crippen LogP contribution in [0.3, 0.4) is 0 Å². The first-order chi connectivity index (χ1) is 8.24. The number of amides is 2. The van der Waals surface area contributed by atoms with Crippen LogP contribution in [0.2, 0.25) is 0 Å². The third-order valence-corrected chi connectivity index (χ3v) is 3.67. The van der Waals surface area contributed by atoms with E-state index in [4.69, 9.17) is 5.73 Å². The predicted molar refractivity (Wildman–Crippen MR) is 69.1 cm³/mol. The Bertz CT molecular complexity index is 500. The van der Waals surface area contributed by atoms with Crippen molar-refractivity contribution in [2.45, 2.75) is 10.6 Å². The van der Waals surface area contributed by atoms with Crippen molar-refractivity contribution >= 4 is 34.3 Å². The molecule has 0 radical (unpaired) electrons. The van der Waals surface area contributed by atoms with E-state index in [1.54, 1.807) is 24.2 Å². The summed E-state index contributed by atoms with van der Waals surface area (Å²) >= 11 is 3.03. The van der Waals surface area contributed by atoms with Gasteiger partial charge < -0.3 is 5.73 Å². The summed E-state index contributed by atoms with van der Waals surface area (Å²) in [6.45, 7) is 0. The van der Waals surface area contributed by atoms with Crippen molar-refractivity contribution in [3.8, 4) is 0 Å². The molecule has 0 fully saturated rings. The van der Waals surface area contributed by atoms with Crippen LogP contribution in [0.15, 0.2) is 34.8 Å². The Balaban J connectivity index is 1.91. The van der Waals surface area contributed by atoms with Gasteiger partial charge in [-0.3, -0.25) is 10.3 Å². The number of hydrogen-bond acceptors (Lipinski definition) is 5. The van der Waals surface area contributed by atoms with Crippen LogP contribution < -0.4 is 11.1 Å². The molecule has 0 aliphatic carbocycles. The maximum atomic E-state index is 10.6. The number of thioether (sulfide) groups is 1. The summed E-state index contributed by atoms with van der Waals surface area (Å²) in [5, 5.41) is 4.88. The first-order valence-electron chi connectivity index (χ1n) is 4.78. The van der Waals surface area contributed by atoms with Crippen LogP contribution in [0, 0.1) is 0 Å². The molecule has 0 atom stereocenters. The van der Waals surface area contributed by atoms with Crippen LogP contribution in [-0.2, 0) is 5.75 Å². The highest BCUT2D eigenvalue weighted by molar-refractivity contribution is 7.98. The Hall–Kier alpha value is -1.60. The molecule has 5 nitrogen and oxygen atoms in total. The van der Waals surface area contributed by atoms with Crippen molar-refractivity contribution in [2.75, 3.05) is 5.32 Å². The summed E-state index contributed by atoms with van der Waals surface area (Å²) in [5.41, 5.74) is 5.92. The molecule has 2 heterocycles. The van der Waals surface area contributed by atoms with Crippen molar-refractivity contribution in [1.29, 1.82) is 0 Å². The van der Waals surface area contributed by atoms with E-state index in [0.717, 1.165) is 16.3 Å². The molecular formula is C10H10N4OS2. The number of hydrogen-bond donors (Lipinski definition) is 2. The Morgan fingerprint density at radius 1 is 1.47 bits per heavy atom. The van der Waals surface area contributed by atoms with E-state index in [9.17, 15) is 4.79 Å². The van der Waals surface area contributed by atoms with Crippen LogP contribution in [0.5, 0.6) is 0 Å². The molecule has 0 aliphatic rings. The van der Waals surface area contributed by atoms with Crippen LogP contribution in [0.4, 0.5) is 9.93 Å². The number of rotatable bonds is 4. The Labute approximate surface area is 106 Å². The third kappa shape index (κ3) is 3.72. The Kier molecular flexibility index (Phi) is 3.94. The molecule has 0 aromatic carbocycles. The molecule has 0 unspecified atom stereocenters. The lowest BCUT2D eigenvalue weighted by molar-refractivity contribution is 0.259. The van der Waals surface area contributed by atoms with Gasteiger partial charge in [0.2, 0.25) is 0 Å². The number of nitrogens with two attached hydrogens (primary N) is 1. The standard InChI is InChI=1S/C10H10N4OS2/c11-9(15)14-10-13-7(6-17-10)5-16-8-1-3-12-4-2-8/h1-4,6H,5H2,(H3,11,13,14,15). The van der Waals surface area contributed by atoms with Crippen molar-refractivity contribution < 1.29 is 4.79 Å². The maximum Gasteiger partial charge on any atom is 0.318 e. The lowest BCUT2D eigenvalue weighted by atomic mass is 10.5. The largest absolute Gasteiger partial charge is 0.351 e. The summed E-state index contributed by atoms with van der Waals surface area (Å²) in [7, 11) is 0. The van der Waals surface area contributed by atoms with Gasteiger partial charge in [0, 0.05) is 28.4 Å². The van der Waals surface area contributed by atoms with E-state index in [-0.39, 0.29) is 0 Å². The molecule has 88 valence electrons. The minimum atomic E-state index is -0.590. The lowest BCUT2D eigenvalue weighted by Gasteiger charge is -1.97. The number of urea groups is 1. The van der Waals surface area contributed by atoms with Gasteiger partial charge in [-0.05, 0) is 12.1 Å². The topological polar surface area (TPSA) is 80.9 Å². The summed E-state index contributed by atoms with van der Waals surface area (Å²) in [5.74, 6) is 0.751. The average molecular weight is 266 g/mol. The number of pyridine rings is 1. The number of carbonyl (C=O) groups is 1. The van der Waals surface area contributed by atoms with E-state index in [0.29, 0.717) is 5.13 Å². The van der Waals surface area contributed by atoms with E-state index in [1.807, 2.05) is 17.5 Å². The number of primary amides is 1. The van der Waals surface area contributed by atoms with Crippen molar-refractivity contribution in [3.63, 3.8) is 0 Å². The van der Waals surface area contributed by atoms with Crippen LogP contribution in [0.25, 0.3) is 0 Å². The van der Waals surface area contributed by atoms with Gasteiger partial charge in [-0.1, -0.05) is 0 Å². The molecule has 2 aromatic heterocycles. The first kappa shape index (κ1) is 11.9. The van der Waals surface area contributed by atoms with E-state index >= 15 is 0 Å². The van der Waals surface area contributed by atoms with Gasteiger partial charge in [0.1, 0.15) is 0 Å². The van der Waals surface area contributed by atoms with E-state index < -0.39 is 6.03 Å². The quantitative estimate of drug-likeness (QED) is 0.832. The summed E-state index contributed by atoms with van der Waals surface area (Å²) < 4.78 is 0. The lowest BCUT2D eigenvalue weighted by Crippen LogP contribution is -2.19. The molecule has 17 heavy (non-hydrogen) atoms. The number of aromatic nitrogens is 2. The zero-order valence-electron chi connectivity index (χ0n) is 8.79. The highest BCUT2D eigenvalue weighted by atomic mass is 32.2. The van der Waals surface area contributed by atoms with Crippen LogP contribution in [0.1, 0.15) is 5.69 Å². The molecule has 0 aliphatic heterocycles. The molecule has 0 spiro atoms. The third-order valence-electron chi connectivity index (χ3n) is 1.82. The second kappa shape index (κ2) is 5.65. The van der Waals surface area contributed by atoms with E-state index in [2.05, 4.69) is 15.3 Å². The zero-order chi connectivity index (χ0) is 12.1. The van der Waals surface area contributed by atoms with Crippen molar-refractivity contribution in [2.24, 2.45) is 5.73 Å². The van der Waals surface area contributed by atoms with Gasteiger partial charge in [0.15, 0.2) is 5.13 Å². The minimum Gasteiger partial charge on any atom is -0.351 e. The monoisotopic (exact) mass is 266 g/mol. The van der Waals surface area contributed by atoms with Crippen molar-refractivity contribution in [1.82, 2.24) is 9.97 Å². The maximum absolute atomic E-state index is 10.6. The zero-order valence-corrected chi connectivity index (χ0v) is 10.4. The van der Waals surface area contributed by atoms with Gasteiger partial charge in [-0.2, -0.15) is 0 Å². The summed E-state index contributed by atoms with van der Waals surface area (Å²) in [6.07, 6.45) is 3.51. The minimum absolute atomic E-state index is 0.530. The van der Waals surface area contributed by atoms with Gasteiger partial charge in [-0.25, -0.2) is 9.78 Å². The van der Waals surface area contributed by atoms with Crippen LogP contribution in [-0.4, -0.2) is 16.0 Å². The normalized spacial score (nSPS) is 10.1. The molecular weight excluding hydrogens is 256 g/mol. The Morgan fingerprint density at radius 3 is 2.94 bits per heavy atom. The van der Waals surface area contributed by atoms with Crippen LogP contribution >= 0.6 is 23.1 Å². The fraction of sp³-hybridized carbons (Fsp3) is 0.100. The SMILES string of the molecule is NC(=O)Nc1nc(CSc2ccncc2)cs1. The molecule has 0 bridgehead atoms. The Morgan fingerprint density at radius 2 is 2.24 bits per heavy atom. The molecule has 2 rings (SSSR count). The number of nitrogens with one attached hydrogen (secondary N) is 1. The molecule has 7 heteroatoms. The fourth-order valence-corrected chi connectivity index (χ4v) is 2.72. The molecule has 2 aromatic rings. The van der Waals surface area contributed by atoms with Crippen molar-refractivity contribution in [3.05, 3.63) is 35.6 Å². The molecule has 0 saturated heterocycles. The highest BCUT2D eigenvalue weighted by Crippen LogP contribution is 2.24. The van der Waals surface area contributed by atoms with Gasteiger partial charge in [-0.15, -0.1) is 23.1 Å². The smallest absolute Gasteiger partial charge is 0.318 e. The number of thiazole rings is 1. The van der Waals surface area contributed by atoms with Gasteiger partial charge >= 0.3 is 6.03 Å².